The molecule has 7 nitrogen and oxygen atoms in total. The van der Waals surface area contributed by atoms with Crippen LogP contribution in [0.5, 0.6) is 0 Å². The number of amides is 4. The molecular formula is C22H19Cl2N3O4S. The molecule has 4 amide bonds. The van der Waals surface area contributed by atoms with Gasteiger partial charge in [-0.2, -0.15) is 0 Å². The number of aryl methyl sites for hydroxylation is 1. The zero-order valence-corrected chi connectivity index (χ0v) is 19.3. The maximum absolute atomic E-state index is 12.5. The largest absolute Gasteiger partial charge is 0.353 e. The van der Waals surface area contributed by atoms with Crippen molar-refractivity contribution in [2.45, 2.75) is 6.92 Å². The van der Waals surface area contributed by atoms with Crippen molar-refractivity contribution >= 4 is 64.0 Å². The van der Waals surface area contributed by atoms with E-state index in [-0.39, 0.29) is 30.4 Å². The molecule has 10 heteroatoms. The fraction of sp³-hybridized carbons (Fsp3) is 0.182. The Morgan fingerprint density at radius 1 is 1.06 bits per heavy atom. The first-order chi connectivity index (χ1) is 15.3. The van der Waals surface area contributed by atoms with Crippen LogP contribution < -0.4 is 10.6 Å². The molecule has 166 valence electrons. The van der Waals surface area contributed by atoms with E-state index in [0.717, 1.165) is 22.2 Å². The number of carbonyl (C=O) groups is 4. The highest BCUT2D eigenvalue weighted by atomic mass is 35.5. The lowest BCUT2D eigenvalue weighted by molar-refractivity contribution is -0.124. The van der Waals surface area contributed by atoms with E-state index in [1.54, 1.807) is 49.4 Å². The van der Waals surface area contributed by atoms with Crippen molar-refractivity contribution in [3.63, 3.8) is 0 Å². The van der Waals surface area contributed by atoms with Gasteiger partial charge in [0.25, 0.3) is 17.1 Å². The fourth-order valence-electron chi connectivity index (χ4n) is 2.90. The number of carbonyl (C=O) groups excluding carboxylic acids is 4. The van der Waals surface area contributed by atoms with Gasteiger partial charge in [-0.3, -0.25) is 24.1 Å². The van der Waals surface area contributed by atoms with Crippen molar-refractivity contribution in [2.75, 3.05) is 19.6 Å². The fourth-order valence-corrected chi connectivity index (χ4v) is 4.07. The minimum atomic E-state index is -0.451. The molecule has 0 aliphatic carbocycles. The lowest BCUT2D eigenvalue weighted by Crippen LogP contribution is -2.41. The minimum Gasteiger partial charge on any atom is -0.353 e. The predicted octanol–water partition coefficient (Wildman–Crippen LogP) is 3.88. The van der Waals surface area contributed by atoms with Crippen LogP contribution >= 0.6 is 35.0 Å². The quantitative estimate of drug-likeness (QED) is 0.572. The van der Waals surface area contributed by atoms with Crippen LogP contribution in [0.2, 0.25) is 10.0 Å². The molecule has 1 fully saturated rings. The van der Waals surface area contributed by atoms with Crippen LogP contribution in [0, 0.1) is 6.92 Å². The Balaban J connectivity index is 1.48. The second-order valence-electron chi connectivity index (χ2n) is 6.85. The van der Waals surface area contributed by atoms with Crippen LogP contribution in [-0.2, 0) is 9.59 Å². The molecule has 1 heterocycles. The summed E-state index contributed by atoms with van der Waals surface area (Å²) in [7, 11) is 0. The van der Waals surface area contributed by atoms with Crippen LogP contribution in [0.3, 0.4) is 0 Å². The molecule has 1 aliphatic rings. The number of nitrogens with one attached hydrogen (secondary N) is 2. The van der Waals surface area contributed by atoms with Gasteiger partial charge in [-0.15, -0.1) is 0 Å². The molecule has 2 aromatic carbocycles. The summed E-state index contributed by atoms with van der Waals surface area (Å²) in [5.41, 5.74) is 1.94. The highest BCUT2D eigenvalue weighted by molar-refractivity contribution is 8.18. The monoisotopic (exact) mass is 491 g/mol. The third kappa shape index (κ3) is 5.91. The molecule has 0 radical (unpaired) electrons. The summed E-state index contributed by atoms with van der Waals surface area (Å²) in [6.45, 7) is 1.67. The highest BCUT2D eigenvalue weighted by Crippen LogP contribution is 2.33. The Morgan fingerprint density at radius 2 is 1.81 bits per heavy atom. The van der Waals surface area contributed by atoms with E-state index in [9.17, 15) is 19.2 Å². The number of thioether (sulfide) groups is 1. The normalized spacial score (nSPS) is 14.7. The standard InChI is InChI=1S/C22H19Cl2N3O4S/c1-13-4-2-3-5-15(13)20(29)26-12-19(28)25-8-9-27-21(30)18(32-22(27)31)11-14-6-7-16(23)17(24)10-14/h2-7,10-11H,8-9,12H2,1H3,(H,25,28)(H,26,29)/b18-11-. The first-order valence-electron chi connectivity index (χ1n) is 9.57. The number of halogens is 2. The Bertz CT molecular complexity index is 1120. The molecule has 0 aromatic heterocycles. The third-order valence-corrected chi connectivity index (χ3v) is 6.22. The zero-order valence-electron chi connectivity index (χ0n) is 17.0. The van der Waals surface area contributed by atoms with Crippen LogP contribution in [0.15, 0.2) is 47.4 Å². The lowest BCUT2D eigenvalue weighted by atomic mass is 10.1. The van der Waals surface area contributed by atoms with Gasteiger partial charge in [0.2, 0.25) is 5.91 Å². The maximum Gasteiger partial charge on any atom is 0.293 e. The second-order valence-corrected chi connectivity index (χ2v) is 8.66. The van der Waals surface area contributed by atoms with Gasteiger partial charge in [-0.25, -0.2) is 0 Å². The van der Waals surface area contributed by atoms with E-state index in [1.807, 2.05) is 6.07 Å². The van der Waals surface area contributed by atoms with E-state index in [4.69, 9.17) is 23.2 Å². The summed E-state index contributed by atoms with van der Waals surface area (Å²) in [5, 5.41) is 5.44. The minimum absolute atomic E-state index is 0.0147. The molecule has 0 atom stereocenters. The van der Waals surface area contributed by atoms with Gasteiger partial charge >= 0.3 is 0 Å². The molecule has 2 N–H and O–H groups in total. The Labute approximate surface area is 199 Å². The SMILES string of the molecule is Cc1ccccc1C(=O)NCC(=O)NCCN1C(=O)S/C(=C\c2ccc(Cl)c(Cl)c2)C1=O. The van der Waals surface area contributed by atoms with Gasteiger partial charge in [0, 0.05) is 18.7 Å². The van der Waals surface area contributed by atoms with Crippen molar-refractivity contribution in [1.29, 1.82) is 0 Å². The summed E-state index contributed by atoms with van der Waals surface area (Å²) in [4.78, 5) is 50.2. The Morgan fingerprint density at radius 3 is 2.53 bits per heavy atom. The van der Waals surface area contributed by atoms with E-state index in [0.29, 0.717) is 21.2 Å². The van der Waals surface area contributed by atoms with Gasteiger partial charge in [0.1, 0.15) is 0 Å². The van der Waals surface area contributed by atoms with Gasteiger partial charge in [-0.05, 0) is 54.1 Å². The molecule has 3 rings (SSSR count). The molecule has 0 bridgehead atoms. The van der Waals surface area contributed by atoms with E-state index in [1.165, 1.54) is 0 Å². The van der Waals surface area contributed by atoms with E-state index < -0.39 is 17.1 Å². The van der Waals surface area contributed by atoms with Crippen molar-refractivity contribution in [3.05, 3.63) is 74.1 Å². The average Bonchev–Trinajstić information content (AvgIpc) is 3.02. The third-order valence-electron chi connectivity index (χ3n) is 4.57. The molecule has 1 saturated heterocycles. The summed E-state index contributed by atoms with van der Waals surface area (Å²) in [6.07, 6.45) is 1.56. The summed E-state index contributed by atoms with van der Waals surface area (Å²) >= 11 is 12.7. The van der Waals surface area contributed by atoms with Gasteiger partial charge in [0.15, 0.2) is 0 Å². The zero-order chi connectivity index (χ0) is 23.3. The van der Waals surface area contributed by atoms with Crippen molar-refractivity contribution in [1.82, 2.24) is 15.5 Å². The van der Waals surface area contributed by atoms with Crippen molar-refractivity contribution in [2.24, 2.45) is 0 Å². The molecule has 1 aliphatic heterocycles. The number of imide groups is 1. The number of nitrogens with zero attached hydrogens (tertiary/aromatic N) is 1. The van der Waals surface area contributed by atoms with Crippen LogP contribution in [0.1, 0.15) is 21.5 Å². The van der Waals surface area contributed by atoms with Crippen LogP contribution in [-0.4, -0.2) is 47.5 Å². The average molecular weight is 492 g/mol. The van der Waals surface area contributed by atoms with Crippen LogP contribution in [0.4, 0.5) is 4.79 Å². The summed E-state index contributed by atoms with van der Waals surface area (Å²) in [6, 6.07) is 11.9. The first-order valence-corrected chi connectivity index (χ1v) is 11.1. The van der Waals surface area contributed by atoms with Crippen LogP contribution in [0.25, 0.3) is 6.08 Å². The molecule has 0 unspecified atom stereocenters. The smallest absolute Gasteiger partial charge is 0.293 e. The Kier molecular flexibility index (Phi) is 7.95. The number of rotatable bonds is 7. The molecule has 0 saturated carbocycles. The molecule has 32 heavy (non-hydrogen) atoms. The number of hydrogen-bond donors (Lipinski definition) is 2. The topological polar surface area (TPSA) is 95.6 Å². The highest BCUT2D eigenvalue weighted by Gasteiger charge is 2.34. The van der Waals surface area contributed by atoms with Gasteiger partial charge < -0.3 is 10.6 Å². The Hall–Kier alpha value is -2.81. The predicted molar refractivity (Wildman–Crippen MR) is 126 cm³/mol. The van der Waals surface area contributed by atoms with Gasteiger partial charge in [-0.1, -0.05) is 47.5 Å². The molecule has 2 aromatic rings. The summed E-state index contributed by atoms with van der Waals surface area (Å²) in [5.74, 6) is -1.23. The van der Waals surface area contributed by atoms with E-state index in [2.05, 4.69) is 10.6 Å². The number of hydrogen-bond acceptors (Lipinski definition) is 5. The molecular weight excluding hydrogens is 473 g/mol. The second kappa shape index (κ2) is 10.7. The summed E-state index contributed by atoms with van der Waals surface area (Å²) < 4.78 is 0. The van der Waals surface area contributed by atoms with E-state index >= 15 is 0 Å². The van der Waals surface area contributed by atoms with Gasteiger partial charge in [0.05, 0.1) is 21.5 Å². The van der Waals surface area contributed by atoms with Crippen molar-refractivity contribution < 1.29 is 19.2 Å². The molecule has 0 spiro atoms. The maximum atomic E-state index is 12.5. The van der Waals surface area contributed by atoms with Crippen molar-refractivity contribution in [3.8, 4) is 0 Å². The lowest BCUT2D eigenvalue weighted by Gasteiger charge is -2.13. The number of benzene rings is 2. The first kappa shape index (κ1) is 23.8.